The van der Waals surface area contributed by atoms with E-state index in [0.717, 1.165) is 18.5 Å². The topological polar surface area (TPSA) is 88.2 Å². The summed E-state index contributed by atoms with van der Waals surface area (Å²) in [7, 11) is -3.12. The number of nitrogens with one attached hydrogen (secondary N) is 2. The van der Waals surface area contributed by atoms with Crippen molar-refractivity contribution in [1.29, 1.82) is 0 Å². The van der Waals surface area contributed by atoms with Crippen molar-refractivity contribution < 1.29 is 13.2 Å². The molecule has 0 aliphatic carbocycles. The third-order valence-corrected chi connectivity index (χ3v) is 3.41. The lowest BCUT2D eigenvalue weighted by Gasteiger charge is -2.12. The summed E-state index contributed by atoms with van der Waals surface area (Å²) < 4.78 is 22.2. The van der Waals surface area contributed by atoms with E-state index in [1.165, 1.54) is 6.20 Å². The lowest BCUT2D eigenvalue weighted by molar-refractivity contribution is 0.0938. The van der Waals surface area contributed by atoms with Gasteiger partial charge in [-0.2, -0.15) is 0 Å². The standard InChI is InChI=1S/C12H19N3O3S/c1-4-13-10-5-6-14-11(7-10)12(16)15-9(2)8-19(3,17)18/h5-7,9H,4,8H2,1-3H3,(H,13,14)(H,15,16). The van der Waals surface area contributed by atoms with Crippen molar-refractivity contribution in [3.05, 3.63) is 24.0 Å². The molecule has 0 spiro atoms. The largest absolute Gasteiger partial charge is 0.385 e. The molecule has 0 aliphatic rings. The van der Waals surface area contributed by atoms with Gasteiger partial charge in [-0.15, -0.1) is 0 Å². The van der Waals surface area contributed by atoms with Gasteiger partial charge in [0.1, 0.15) is 15.5 Å². The van der Waals surface area contributed by atoms with Crippen LogP contribution in [0.4, 0.5) is 5.69 Å². The van der Waals surface area contributed by atoms with Gasteiger partial charge in [0.2, 0.25) is 0 Å². The van der Waals surface area contributed by atoms with Crippen LogP contribution >= 0.6 is 0 Å². The number of nitrogens with zero attached hydrogens (tertiary/aromatic N) is 1. The maximum atomic E-state index is 11.9. The van der Waals surface area contributed by atoms with Gasteiger partial charge in [0.05, 0.1) is 5.75 Å². The Hall–Kier alpha value is -1.63. The number of carbonyl (C=O) groups excluding carboxylic acids is 1. The molecule has 0 aromatic carbocycles. The first-order chi connectivity index (χ1) is 8.81. The van der Waals surface area contributed by atoms with Crippen molar-refractivity contribution in [1.82, 2.24) is 10.3 Å². The quantitative estimate of drug-likeness (QED) is 0.802. The number of hydrogen-bond donors (Lipinski definition) is 2. The molecule has 0 saturated carbocycles. The summed E-state index contributed by atoms with van der Waals surface area (Å²) in [5, 5.41) is 5.69. The van der Waals surface area contributed by atoms with Gasteiger partial charge in [-0.3, -0.25) is 9.78 Å². The van der Waals surface area contributed by atoms with Gasteiger partial charge in [0.15, 0.2) is 0 Å². The molecule has 19 heavy (non-hydrogen) atoms. The molecular formula is C12H19N3O3S. The SMILES string of the molecule is CCNc1ccnc(C(=O)NC(C)CS(C)(=O)=O)c1. The summed E-state index contributed by atoms with van der Waals surface area (Å²) in [6, 6.07) is 2.94. The highest BCUT2D eigenvalue weighted by atomic mass is 32.2. The van der Waals surface area contributed by atoms with Crippen LogP contribution in [-0.4, -0.2) is 43.9 Å². The predicted molar refractivity (Wildman–Crippen MR) is 75.0 cm³/mol. The summed E-state index contributed by atoms with van der Waals surface area (Å²) in [6.07, 6.45) is 2.67. The second-order valence-corrected chi connectivity index (χ2v) is 6.61. The van der Waals surface area contributed by atoms with Crippen molar-refractivity contribution >= 4 is 21.4 Å². The Morgan fingerprint density at radius 1 is 1.47 bits per heavy atom. The number of carbonyl (C=O) groups is 1. The van der Waals surface area contributed by atoms with E-state index in [9.17, 15) is 13.2 Å². The minimum absolute atomic E-state index is 0.0916. The zero-order chi connectivity index (χ0) is 14.5. The van der Waals surface area contributed by atoms with Crippen LogP contribution in [-0.2, 0) is 9.84 Å². The average Bonchev–Trinajstić information content (AvgIpc) is 2.27. The molecule has 7 heteroatoms. The van der Waals surface area contributed by atoms with Gasteiger partial charge in [0, 0.05) is 30.7 Å². The third kappa shape index (κ3) is 5.69. The van der Waals surface area contributed by atoms with Crippen LogP contribution < -0.4 is 10.6 Å². The maximum Gasteiger partial charge on any atom is 0.270 e. The number of anilines is 1. The molecule has 1 unspecified atom stereocenters. The highest BCUT2D eigenvalue weighted by Crippen LogP contribution is 2.07. The van der Waals surface area contributed by atoms with E-state index in [4.69, 9.17) is 0 Å². The Morgan fingerprint density at radius 3 is 2.74 bits per heavy atom. The summed E-state index contributed by atoms with van der Waals surface area (Å²) in [5.41, 5.74) is 1.07. The Balaban J connectivity index is 2.70. The number of aromatic nitrogens is 1. The molecule has 0 fully saturated rings. The Labute approximate surface area is 113 Å². The Kier molecular flexibility index (Phi) is 5.29. The van der Waals surface area contributed by atoms with Gasteiger partial charge in [-0.25, -0.2) is 8.42 Å². The van der Waals surface area contributed by atoms with E-state index in [2.05, 4.69) is 15.6 Å². The van der Waals surface area contributed by atoms with Gasteiger partial charge in [-0.1, -0.05) is 0 Å². The van der Waals surface area contributed by atoms with E-state index in [1.807, 2.05) is 6.92 Å². The lowest BCUT2D eigenvalue weighted by atomic mass is 10.3. The number of pyridine rings is 1. The van der Waals surface area contributed by atoms with E-state index >= 15 is 0 Å². The molecule has 0 saturated heterocycles. The first kappa shape index (κ1) is 15.4. The molecule has 1 amide bonds. The van der Waals surface area contributed by atoms with Crippen LogP contribution in [0.25, 0.3) is 0 Å². The average molecular weight is 285 g/mol. The number of amides is 1. The summed E-state index contributed by atoms with van der Waals surface area (Å²) in [5.74, 6) is -0.470. The number of hydrogen-bond acceptors (Lipinski definition) is 5. The van der Waals surface area contributed by atoms with Crippen LogP contribution in [0.1, 0.15) is 24.3 Å². The van der Waals surface area contributed by atoms with E-state index in [1.54, 1.807) is 19.1 Å². The molecular weight excluding hydrogens is 266 g/mol. The van der Waals surface area contributed by atoms with E-state index in [0.29, 0.717) is 0 Å². The third-order valence-electron chi connectivity index (χ3n) is 2.30. The normalized spacial score (nSPS) is 12.8. The highest BCUT2D eigenvalue weighted by Gasteiger charge is 2.15. The zero-order valence-corrected chi connectivity index (χ0v) is 12.1. The fraction of sp³-hybridized carbons (Fsp3) is 0.500. The fourth-order valence-electron chi connectivity index (χ4n) is 1.66. The van der Waals surface area contributed by atoms with Crippen LogP contribution in [0.3, 0.4) is 0 Å². The molecule has 106 valence electrons. The Bertz CT molecular complexity index is 543. The lowest BCUT2D eigenvalue weighted by Crippen LogP contribution is -2.37. The Morgan fingerprint density at radius 2 is 2.16 bits per heavy atom. The minimum atomic E-state index is -3.12. The van der Waals surface area contributed by atoms with Crippen molar-refractivity contribution in [2.75, 3.05) is 23.9 Å². The molecule has 1 heterocycles. The number of rotatable bonds is 6. The maximum absolute atomic E-state index is 11.9. The molecule has 1 rings (SSSR count). The molecule has 6 nitrogen and oxygen atoms in total. The minimum Gasteiger partial charge on any atom is -0.385 e. The second-order valence-electron chi connectivity index (χ2n) is 4.43. The molecule has 1 atom stereocenters. The zero-order valence-electron chi connectivity index (χ0n) is 11.3. The predicted octanol–water partition coefficient (Wildman–Crippen LogP) is 0.676. The fourth-order valence-corrected chi connectivity index (χ4v) is 2.65. The van der Waals surface area contributed by atoms with Gasteiger partial charge in [-0.05, 0) is 26.0 Å². The first-order valence-corrected chi connectivity index (χ1v) is 8.06. The van der Waals surface area contributed by atoms with Crippen molar-refractivity contribution in [3.63, 3.8) is 0 Å². The van der Waals surface area contributed by atoms with Crippen LogP contribution in [0.5, 0.6) is 0 Å². The second kappa shape index (κ2) is 6.51. The molecule has 0 radical (unpaired) electrons. The van der Waals surface area contributed by atoms with Crippen LogP contribution in [0.2, 0.25) is 0 Å². The van der Waals surface area contributed by atoms with Crippen LogP contribution in [0.15, 0.2) is 18.3 Å². The van der Waals surface area contributed by atoms with Crippen molar-refractivity contribution in [2.24, 2.45) is 0 Å². The molecule has 0 aliphatic heterocycles. The molecule has 0 bridgehead atoms. The van der Waals surface area contributed by atoms with Gasteiger partial charge >= 0.3 is 0 Å². The summed E-state index contributed by atoms with van der Waals surface area (Å²) in [4.78, 5) is 15.9. The highest BCUT2D eigenvalue weighted by molar-refractivity contribution is 7.90. The van der Waals surface area contributed by atoms with Gasteiger partial charge < -0.3 is 10.6 Å². The summed E-state index contributed by atoms with van der Waals surface area (Å²) in [6.45, 7) is 4.34. The van der Waals surface area contributed by atoms with Crippen LogP contribution in [0, 0.1) is 0 Å². The smallest absolute Gasteiger partial charge is 0.270 e. The van der Waals surface area contributed by atoms with Crippen molar-refractivity contribution in [3.8, 4) is 0 Å². The van der Waals surface area contributed by atoms with E-state index < -0.39 is 15.9 Å². The first-order valence-electron chi connectivity index (χ1n) is 6.00. The molecule has 1 aromatic heterocycles. The number of sulfone groups is 1. The summed E-state index contributed by atoms with van der Waals surface area (Å²) >= 11 is 0. The monoisotopic (exact) mass is 285 g/mol. The van der Waals surface area contributed by atoms with Gasteiger partial charge in [0.25, 0.3) is 5.91 Å². The van der Waals surface area contributed by atoms with E-state index in [-0.39, 0.29) is 17.4 Å². The molecule has 1 aromatic rings. The van der Waals surface area contributed by atoms with Crippen molar-refractivity contribution in [2.45, 2.75) is 19.9 Å². The molecule has 2 N–H and O–H groups in total.